The molecule has 3 heteroatoms. The van der Waals surface area contributed by atoms with Crippen molar-refractivity contribution in [3.63, 3.8) is 0 Å². The average molecular weight is 296 g/mol. The molecule has 3 nitrogen and oxygen atoms in total. The summed E-state index contributed by atoms with van der Waals surface area (Å²) >= 11 is 0. The SMILES string of the molecule is COc1ccccc1CNC1CNCCC1c1ccccc1. The van der Waals surface area contributed by atoms with Crippen LogP contribution in [-0.4, -0.2) is 26.2 Å². The van der Waals surface area contributed by atoms with Gasteiger partial charge in [-0.15, -0.1) is 0 Å². The van der Waals surface area contributed by atoms with Crippen LogP contribution in [0.2, 0.25) is 0 Å². The molecule has 2 aromatic carbocycles. The minimum Gasteiger partial charge on any atom is -0.496 e. The minimum atomic E-state index is 0.445. The van der Waals surface area contributed by atoms with Gasteiger partial charge in [0, 0.05) is 30.6 Å². The van der Waals surface area contributed by atoms with Gasteiger partial charge in [0.15, 0.2) is 0 Å². The van der Waals surface area contributed by atoms with Crippen molar-refractivity contribution in [3.05, 3.63) is 65.7 Å². The maximum atomic E-state index is 5.44. The highest BCUT2D eigenvalue weighted by Gasteiger charge is 2.25. The highest BCUT2D eigenvalue weighted by molar-refractivity contribution is 5.33. The van der Waals surface area contributed by atoms with Crippen LogP contribution in [0, 0.1) is 0 Å². The van der Waals surface area contributed by atoms with Gasteiger partial charge in [0.1, 0.15) is 5.75 Å². The molecule has 1 aliphatic heterocycles. The zero-order valence-electron chi connectivity index (χ0n) is 13.1. The molecule has 1 saturated heterocycles. The molecule has 2 N–H and O–H groups in total. The Hall–Kier alpha value is -1.84. The summed E-state index contributed by atoms with van der Waals surface area (Å²) in [6, 6.07) is 19.5. The van der Waals surface area contributed by atoms with Gasteiger partial charge in [0.05, 0.1) is 7.11 Å². The molecule has 1 aliphatic rings. The van der Waals surface area contributed by atoms with Gasteiger partial charge < -0.3 is 15.4 Å². The molecular formula is C19H24N2O. The number of hydrogen-bond donors (Lipinski definition) is 2. The van der Waals surface area contributed by atoms with Crippen molar-refractivity contribution in [1.29, 1.82) is 0 Å². The topological polar surface area (TPSA) is 33.3 Å². The van der Waals surface area contributed by atoms with E-state index in [2.05, 4.69) is 53.1 Å². The number of rotatable bonds is 5. The maximum Gasteiger partial charge on any atom is 0.123 e. The number of piperidine rings is 1. The summed E-state index contributed by atoms with van der Waals surface area (Å²) in [6.07, 6.45) is 1.17. The third-order valence-electron chi connectivity index (χ3n) is 4.46. The van der Waals surface area contributed by atoms with Crippen LogP contribution in [0.15, 0.2) is 54.6 Å². The van der Waals surface area contributed by atoms with Gasteiger partial charge in [-0.25, -0.2) is 0 Å². The molecule has 0 aromatic heterocycles. The summed E-state index contributed by atoms with van der Waals surface area (Å²) in [7, 11) is 1.73. The van der Waals surface area contributed by atoms with Crippen molar-refractivity contribution >= 4 is 0 Å². The van der Waals surface area contributed by atoms with E-state index in [1.165, 1.54) is 17.5 Å². The van der Waals surface area contributed by atoms with Crippen LogP contribution in [-0.2, 0) is 6.54 Å². The van der Waals surface area contributed by atoms with E-state index >= 15 is 0 Å². The molecule has 2 unspecified atom stereocenters. The van der Waals surface area contributed by atoms with Crippen molar-refractivity contribution < 1.29 is 4.74 Å². The molecular weight excluding hydrogens is 272 g/mol. The molecule has 0 bridgehead atoms. The van der Waals surface area contributed by atoms with Gasteiger partial charge in [0.2, 0.25) is 0 Å². The van der Waals surface area contributed by atoms with E-state index in [1.54, 1.807) is 7.11 Å². The van der Waals surface area contributed by atoms with Crippen LogP contribution in [0.25, 0.3) is 0 Å². The van der Waals surface area contributed by atoms with Gasteiger partial charge in [-0.1, -0.05) is 48.5 Å². The largest absolute Gasteiger partial charge is 0.496 e. The maximum absolute atomic E-state index is 5.44. The summed E-state index contributed by atoms with van der Waals surface area (Å²) in [5.74, 6) is 1.52. The molecule has 0 radical (unpaired) electrons. The Labute approximate surface area is 132 Å². The summed E-state index contributed by atoms with van der Waals surface area (Å²) in [5.41, 5.74) is 2.64. The molecule has 1 fully saturated rings. The van der Waals surface area contributed by atoms with Crippen molar-refractivity contribution in [2.75, 3.05) is 20.2 Å². The van der Waals surface area contributed by atoms with Crippen molar-refractivity contribution in [2.24, 2.45) is 0 Å². The Morgan fingerprint density at radius 1 is 1.09 bits per heavy atom. The highest BCUT2D eigenvalue weighted by Crippen LogP contribution is 2.26. The van der Waals surface area contributed by atoms with Crippen LogP contribution in [0.1, 0.15) is 23.5 Å². The standard InChI is InChI=1S/C19H24N2O/c1-22-19-10-6-5-9-16(19)13-21-18-14-20-12-11-17(18)15-7-3-2-4-8-15/h2-10,17-18,20-21H,11-14H2,1H3. The van der Waals surface area contributed by atoms with Crippen molar-refractivity contribution in [2.45, 2.75) is 24.9 Å². The van der Waals surface area contributed by atoms with Crippen molar-refractivity contribution in [1.82, 2.24) is 10.6 Å². The number of methoxy groups -OCH3 is 1. The van der Waals surface area contributed by atoms with Gasteiger partial charge >= 0.3 is 0 Å². The Balaban J connectivity index is 1.69. The Morgan fingerprint density at radius 3 is 2.68 bits per heavy atom. The smallest absolute Gasteiger partial charge is 0.123 e. The number of para-hydroxylation sites is 1. The van der Waals surface area contributed by atoms with Crippen LogP contribution >= 0.6 is 0 Å². The van der Waals surface area contributed by atoms with E-state index in [-0.39, 0.29) is 0 Å². The normalized spacial score (nSPS) is 21.5. The lowest BCUT2D eigenvalue weighted by atomic mass is 9.86. The van der Waals surface area contributed by atoms with Crippen LogP contribution in [0.3, 0.4) is 0 Å². The van der Waals surface area contributed by atoms with Crippen LogP contribution in [0.5, 0.6) is 5.75 Å². The second-order valence-corrected chi connectivity index (χ2v) is 5.81. The van der Waals surface area contributed by atoms with Crippen LogP contribution < -0.4 is 15.4 Å². The molecule has 2 atom stereocenters. The summed E-state index contributed by atoms with van der Waals surface area (Å²) < 4.78 is 5.44. The number of ether oxygens (including phenoxy) is 1. The second kappa shape index (κ2) is 7.43. The summed E-state index contributed by atoms with van der Waals surface area (Å²) in [4.78, 5) is 0. The first-order valence-electron chi connectivity index (χ1n) is 7.99. The molecule has 0 saturated carbocycles. The number of benzene rings is 2. The van der Waals surface area contributed by atoms with Gasteiger partial charge in [-0.3, -0.25) is 0 Å². The van der Waals surface area contributed by atoms with E-state index < -0.39 is 0 Å². The average Bonchev–Trinajstić information content (AvgIpc) is 2.61. The van der Waals surface area contributed by atoms with E-state index in [0.717, 1.165) is 25.4 Å². The number of hydrogen-bond acceptors (Lipinski definition) is 3. The summed E-state index contributed by atoms with van der Waals surface area (Å²) in [6.45, 7) is 2.93. The molecule has 0 aliphatic carbocycles. The molecule has 116 valence electrons. The van der Waals surface area contributed by atoms with Crippen molar-refractivity contribution in [3.8, 4) is 5.75 Å². The first kappa shape index (κ1) is 15.1. The van der Waals surface area contributed by atoms with E-state index in [1.807, 2.05) is 12.1 Å². The van der Waals surface area contributed by atoms with Gasteiger partial charge in [-0.05, 0) is 24.6 Å². The zero-order valence-corrected chi connectivity index (χ0v) is 13.1. The zero-order chi connectivity index (χ0) is 15.2. The molecule has 1 heterocycles. The fraction of sp³-hybridized carbons (Fsp3) is 0.368. The predicted molar refractivity (Wildman–Crippen MR) is 90.3 cm³/mol. The predicted octanol–water partition coefficient (Wildman–Crippen LogP) is 2.93. The second-order valence-electron chi connectivity index (χ2n) is 5.81. The fourth-order valence-corrected chi connectivity index (χ4v) is 3.26. The minimum absolute atomic E-state index is 0.445. The first-order chi connectivity index (χ1) is 10.9. The monoisotopic (exact) mass is 296 g/mol. The number of nitrogens with one attached hydrogen (secondary N) is 2. The van der Waals surface area contributed by atoms with Gasteiger partial charge in [0.25, 0.3) is 0 Å². The Morgan fingerprint density at radius 2 is 1.86 bits per heavy atom. The van der Waals surface area contributed by atoms with Gasteiger partial charge in [-0.2, -0.15) is 0 Å². The lowest BCUT2D eigenvalue weighted by Crippen LogP contribution is -2.47. The highest BCUT2D eigenvalue weighted by atomic mass is 16.5. The Bertz CT molecular complexity index is 585. The molecule has 0 amide bonds. The lowest BCUT2D eigenvalue weighted by molar-refractivity contribution is 0.339. The quantitative estimate of drug-likeness (QED) is 0.890. The lowest BCUT2D eigenvalue weighted by Gasteiger charge is -2.33. The third-order valence-corrected chi connectivity index (χ3v) is 4.46. The fourth-order valence-electron chi connectivity index (χ4n) is 3.26. The van der Waals surface area contributed by atoms with E-state index in [0.29, 0.717) is 12.0 Å². The Kier molecular flexibility index (Phi) is 5.09. The molecule has 0 spiro atoms. The van der Waals surface area contributed by atoms with E-state index in [4.69, 9.17) is 4.74 Å². The molecule has 22 heavy (non-hydrogen) atoms. The summed E-state index contributed by atoms with van der Waals surface area (Å²) in [5, 5.41) is 7.22. The molecule has 2 aromatic rings. The first-order valence-corrected chi connectivity index (χ1v) is 7.99. The van der Waals surface area contributed by atoms with Crippen LogP contribution in [0.4, 0.5) is 0 Å². The van der Waals surface area contributed by atoms with E-state index in [9.17, 15) is 0 Å². The molecule has 3 rings (SSSR count). The third kappa shape index (κ3) is 3.49.